The third-order valence-corrected chi connectivity index (χ3v) is 7.16. The molecule has 0 fully saturated rings. The molecule has 0 radical (unpaired) electrons. The summed E-state index contributed by atoms with van der Waals surface area (Å²) in [6.45, 7) is 8.19. The third-order valence-electron chi connectivity index (χ3n) is 7.16. The van der Waals surface area contributed by atoms with Gasteiger partial charge in [-0.15, -0.1) is 0 Å². The molecule has 0 aromatic heterocycles. The quantitative estimate of drug-likeness (QED) is 0.0924. The summed E-state index contributed by atoms with van der Waals surface area (Å²) in [5.41, 5.74) is 0.284. The summed E-state index contributed by atoms with van der Waals surface area (Å²) in [7, 11) is 5.33. The number of carbonyl (C=O) groups is 6. The Kier molecular flexibility index (Phi) is 20.7. The first-order chi connectivity index (χ1) is 24.8. The number of methoxy groups -OCH3 is 1. The van der Waals surface area contributed by atoms with Gasteiger partial charge < -0.3 is 30.9 Å². The minimum atomic E-state index is -0.990. The predicted molar refractivity (Wildman–Crippen MR) is 187 cm³/mol. The van der Waals surface area contributed by atoms with Crippen LogP contribution in [0, 0.1) is 23.3 Å². The van der Waals surface area contributed by atoms with Crippen LogP contribution in [-0.4, -0.2) is 112 Å². The van der Waals surface area contributed by atoms with Crippen molar-refractivity contribution in [3.05, 3.63) is 70.8 Å². The van der Waals surface area contributed by atoms with Crippen molar-refractivity contribution in [1.29, 1.82) is 0 Å². The number of imide groups is 2. The summed E-state index contributed by atoms with van der Waals surface area (Å²) in [4.78, 5) is 73.6. The van der Waals surface area contributed by atoms with Gasteiger partial charge in [0.1, 0.15) is 35.4 Å². The summed E-state index contributed by atoms with van der Waals surface area (Å²) in [6.07, 6.45) is -0.585. The molecule has 294 valence electrons. The van der Waals surface area contributed by atoms with Crippen molar-refractivity contribution >= 4 is 35.4 Å². The fourth-order valence-electron chi connectivity index (χ4n) is 4.26. The molecule has 6 amide bonds. The summed E-state index contributed by atoms with van der Waals surface area (Å²) in [5, 5.41) is 15.0. The van der Waals surface area contributed by atoms with Crippen LogP contribution in [0.3, 0.4) is 0 Å². The Bertz CT molecular complexity index is 1520. The predicted octanol–water partition coefficient (Wildman–Crippen LogP) is 0.474. The second kappa shape index (κ2) is 23.7. The maximum absolute atomic E-state index is 13.1. The average Bonchev–Trinajstić information content (AvgIpc) is 3.03. The fourth-order valence-corrected chi connectivity index (χ4v) is 4.26. The Labute approximate surface area is 306 Å². The lowest BCUT2D eigenvalue weighted by Gasteiger charge is -2.18. The molecule has 14 nitrogen and oxygen atoms in total. The summed E-state index contributed by atoms with van der Waals surface area (Å²) in [6, 6.07) is 2.39. The lowest BCUT2D eigenvalue weighted by atomic mass is 10.1. The number of nitrogens with zero attached hydrogens (tertiary/aromatic N) is 1. The Hall–Kier alpha value is -4.78. The van der Waals surface area contributed by atoms with E-state index in [4.69, 9.17) is 4.74 Å². The standard InChI is InChI=1S/C18H26F2N4O3.C17H23F2N3O4/c1-11(21-5-6-24(3)4)17(26)23-18(27)12(2)22-16(25)9-13-7-14(19)10-15(20)8-13;1-10(20-4-5-26-3)16(24)22-17(25)11(2)21-15(23)8-12-6-13(18)9-14(19)7-12/h7-8,10-12,21H,5-6,9H2,1-4H3,(H,22,25)(H,23,26,27);6-7,9-11,20H,4-5,8H2,1-3H3,(H,21,23)(H,22,24,25)/t11-,12-;10-,11-/m00/s1. The SMILES string of the molecule is COCCN[C@@H](C)C(=O)NC(=O)[C@H](C)NC(=O)Cc1cc(F)cc(F)c1.C[C@H](NCCN(C)C)C(=O)NC(=O)[C@H](C)NC(=O)Cc1cc(F)cc(F)c1. The Morgan fingerprint density at radius 1 is 0.585 bits per heavy atom. The van der Waals surface area contributed by atoms with Crippen LogP contribution in [0.1, 0.15) is 38.8 Å². The Morgan fingerprint density at radius 2 is 0.925 bits per heavy atom. The van der Waals surface area contributed by atoms with E-state index in [1.165, 1.54) is 21.0 Å². The van der Waals surface area contributed by atoms with Gasteiger partial charge in [0.15, 0.2) is 0 Å². The van der Waals surface area contributed by atoms with Crippen LogP contribution in [0.2, 0.25) is 0 Å². The molecule has 0 saturated heterocycles. The first-order valence-corrected chi connectivity index (χ1v) is 16.6. The number of nitrogens with one attached hydrogen (secondary N) is 6. The Morgan fingerprint density at radius 3 is 1.26 bits per heavy atom. The number of ether oxygens (including phenoxy) is 1. The fraction of sp³-hybridized carbons (Fsp3) is 0.486. The van der Waals surface area contributed by atoms with E-state index in [1.807, 2.05) is 19.0 Å². The number of halogens is 4. The van der Waals surface area contributed by atoms with Gasteiger partial charge in [0.2, 0.25) is 35.4 Å². The molecule has 0 heterocycles. The first-order valence-electron chi connectivity index (χ1n) is 16.6. The zero-order valence-electron chi connectivity index (χ0n) is 30.8. The summed E-state index contributed by atoms with van der Waals surface area (Å²) in [5.74, 6) is -6.75. The van der Waals surface area contributed by atoms with Crippen molar-refractivity contribution in [2.75, 3.05) is 47.4 Å². The van der Waals surface area contributed by atoms with Crippen LogP contribution in [0.4, 0.5) is 17.6 Å². The summed E-state index contributed by atoms with van der Waals surface area (Å²) >= 11 is 0. The lowest BCUT2D eigenvalue weighted by Crippen LogP contribution is -2.52. The number of hydrogen-bond donors (Lipinski definition) is 6. The molecule has 0 unspecified atom stereocenters. The van der Waals surface area contributed by atoms with Crippen molar-refractivity contribution in [1.82, 2.24) is 36.8 Å². The minimum absolute atomic E-state index is 0.139. The van der Waals surface area contributed by atoms with Crippen molar-refractivity contribution in [2.45, 2.75) is 64.7 Å². The molecule has 0 bridgehead atoms. The molecule has 4 atom stereocenters. The van der Waals surface area contributed by atoms with E-state index in [1.54, 1.807) is 13.8 Å². The van der Waals surface area contributed by atoms with Crippen molar-refractivity contribution in [3.63, 3.8) is 0 Å². The highest BCUT2D eigenvalue weighted by atomic mass is 19.1. The van der Waals surface area contributed by atoms with Crippen LogP contribution in [0.25, 0.3) is 0 Å². The monoisotopic (exact) mass is 755 g/mol. The van der Waals surface area contributed by atoms with E-state index in [-0.39, 0.29) is 24.0 Å². The molecule has 2 aromatic rings. The smallest absolute Gasteiger partial charge is 0.248 e. The largest absolute Gasteiger partial charge is 0.383 e. The maximum Gasteiger partial charge on any atom is 0.248 e. The number of hydrogen-bond acceptors (Lipinski definition) is 10. The number of carbonyl (C=O) groups excluding carboxylic acids is 6. The second-order valence-corrected chi connectivity index (χ2v) is 12.3. The summed E-state index contributed by atoms with van der Waals surface area (Å²) < 4.78 is 57.3. The van der Waals surface area contributed by atoms with Crippen molar-refractivity contribution in [3.8, 4) is 0 Å². The van der Waals surface area contributed by atoms with E-state index in [9.17, 15) is 46.3 Å². The van der Waals surface area contributed by atoms with Crippen LogP contribution < -0.4 is 31.9 Å². The van der Waals surface area contributed by atoms with Crippen molar-refractivity contribution in [2.24, 2.45) is 0 Å². The second-order valence-electron chi connectivity index (χ2n) is 12.3. The van der Waals surface area contributed by atoms with Gasteiger partial charge in [-0.3, -0.25) is 39.4 Å². The van der Waals surface area contributed by atoms with Crippen molar-refractivity contribution < 1.29 is 51.1 Å². The van der Waals surface area contributed by atoms with Gasteiger partial charge in [0, 0.05) is 38.9 Å². The number of benzene rings is 2. The normalized spacial score (nSPS) is 13.1. The van der Waals surface area contributed by atoms with Gasteiger partial charge in [-0.05, 0) is 77.2 Å². The van der Waals surface area contributed by atoms with E-state index in [0.29, 0.717) is 31.8 Å². The molecule has 0 aliphatic heterocycles. The van der Waals surface area contributed by atoms with Crippen LogP contribution >= 0.6 is 0 Å². The molecule has 0 aliphatic rings. The molecule has 0 saturated carbocycles. The average molecular weight is 756 g/mol. The van der Waals surface area contributed by atoms with Crippen LogP contribution in [0.5, 0.6) is 0 Å². The Balaban J connectivity index is 0.000000530. The van der Waals surface area contributed by atoms with E-state index in [2.05, 4.69) is 31.9 Å². The van der Waals surface area contributed by atoms with Gasteiger partial charge in [-0.25, -0.2) is 17.6 Å². The van der Waals surface area contributed by atoms with E-state index >= 15 is 0 Å². The third kappa shape index (κ3) is 19.6. The maximum atomic E-state index is 13.1. The van der Waals surface area contributed by atoms with Gasteiger partial charge in [0.25, 0.3) is 0 Å². The molecule has 53 heavy (non-hydrogen) atoms. The number of amides is 6. The highest BCUT2D eigenvalue weighted by Gasteiger charge is 2.22. The molecule has 0 aliphatic carbocycles. The highest BCUT2D eigenvalue weighted by molar-refractivity contribution is 6.01. The molecule has 2 aromatic carbocycles. The van der Waals surface area contributed by atoms with E-state index in [0.717, 1.165) is 30.8 Å². The zero-order valence-corrected chi connectivity index (χ0v) is 30.8. The van der Waals surface area contributed by atoms with Gasteiger partial charge >= 0.3 is 0 Å². The molecule has 2 rings (SSSR count). The number of likely N-dealkylation sites (N-methyl/N-ethyl adjacent to an activating group) is 1. The molecule has 0 spiro atoms. The van der Waals surface area contributed by atoms with Crippen LogP contribution in [-0.2, 0) is 46.3 Å². The first kappa shape index (κ1) is 46.2. The minimum Gasteiger partial charge on any atom is -0.383 e. The van der Waals surface area contributed by atoms with Gasteiger partial charge in [0.05, 0.1) is 31.5 Å². The number of rotatable bonds is 18. The molecular formula is C35H49F4N7O7. The zero-order chi connectivity index (χ0) is 40.2. The van der Waals surface area contributed by atoms with Crippen LogP contribution in [0.15, 0.2) is 36.4 Å². The lowest BCUT2D eigenvalue weighted by molar-refractivity contribution is -0.135. The van der Waals surface area contributed by atoms with Gasteiger partial charge in [-0.2, -0.15) is 0 Å². The topological polar surface area (TPSA) is 187 Å². The highest BCUT2D eigenvalue weighted by Crippen LogP contribution is 2.10. The molecule has 6 N–H and O–H groups in total. The molecular weight excluding hydrogens is 706 g/mol. The molecule has 18 heteroatoms. The van der Waals surface area contributed by atoms with E-state index < -0.39 is 82.9 Å². The van der Waals surface area contributed by atoms with Gasteiger partial charge in [-0.1, -0.05) is 0 Å².